The van der Waals surface area contributed by atoms with Crippen molar-refractivity contribution in [3.63, 3.8) is 0 Å². The van der Waals surface area contributed by atoms with Gasteiger partial charge in [-0.2, -0.15) is 11.8 Å². The maximum atomic E-state index is 10.5. The number of halogens is 2. The van der Waals surface area contributed by atoms with Crippen molar-refractivity contribution in [1.29, 1.82) is 0 Å². The fourth-order valence-corrected chi connectivity index (χ4v) is 2.53. The average molecular weight is 280 g/mol. The number of carboxylic acids is 1. The molecule has 0 aromatic carbocycles. The third-order valence-corrected chi connectivity index (χ3v) is 3.63. The minimum atomic E-state index is -0.791. The summed E-state index contributed by atoms with van der Waals surface area (Å²) >= 11 is 13.1. The number of nitrogens with zero attached hydrogens (tertiary/aromatic N) is 1. The van der Waals surface area contributed by atoms with Crippen LogP contribution in [0.2, 0.25) is 10.3 Å². The summed E-state index contributed by atoms with van der Waals surface area (Å²) < 4.78 is 0. The fourth-order valence-electron chi connectivity index (χ4n) is 1.09. The van der Waals surface area contributed by atoms with Crippen molar-refractivity contribution >= 4 is 40.9 Å². The third kappa shape index (κ3) is 4.60. The average Bonchev–Trinajstić information content (AvgIpc) is 2.15. The topological polar surface area (TPSA) is 50.2 Å². The van der Waals surface area contributed by atoms with Gasteiger partial charge >= 0.3 is 5.97 Å². The lowest BCUT2D eigenvalue weighted by atomic mass is 10.3. The number of rotatable bonds is 5. The van der Waals surface area contributed by atoms with Crippen molar-refractivity contribution in [3.8, 4) is 0 Å². The molecular formula is C10H11Cl2NO2S. The van der Waals surface area contributed by atoms with E-state index in [0.29, 0.717) is 16.1 Å². The van der Waals surface area contributed by atoms with Gasteiger partial charge in [-0.15, -0.1) is 0 Å². The van der Waals surface area contributed by atoms with E-state index >= 15 is 0 Å². The van der Waals surface area contributed by atoms with Gasteiger partial charge in [0, 0.05) is 11.0 Å². The van der Waals surface area contributed by atoms with Crippen LogP contribution < -0.4 is 0 Å². The van der Waals surface area contributed by atoms with Crippen molar-refractivity contribution in [2.24, 2.45) is 0 Å². The van der Waals surface area contributed by atoms with Crippen LogP contribution in [0, 0.1) is 0 Å². The summed E-state index contributed by atoms with van der Waals surface area (Å²) in [7, 11) is 0. The third-order valence-electron chi connectivity index (χ3n) is 1.88. The largest absolute Gasteiger partial charge is 0.481 e. The summed E-state index contributed by atoms with van der Waals surface area (Å²) in [5.74, 6) is -0.155. The Labute approximate surface area is 108 Å². The van der Waals surface area contributed by atoms with Crippen LogP contribution in [-0.2, 0) is 10.5 Å². The monoisotopic (exact) mass is 279 g/mol. The summed E-state index contributed by atoms with van der Waals surface area (Å²) in [6, 6.07) is 3.48. The van der Waals surface area contributed by atoms with Crippen molar-refractivity contribution in [3.05, 3.63) is 28.0 Å². The molecular weight excluding hydrogens is 269 g/mol. The molecule has 0 bridgehead atoms. The molecule has 0 amide bonds. The lowest BCUT2D eigenvalue weighted by Gasteiger charge is -2.09. The lowest BCUT2D eigenvalue weighted by molar-refractivity contribution is -0.136. The van der Waals surface area contributed by atoms with Crippen molar-refractivity contribution in [2.75, 3.05) is 0 Å². The SMILES string of the molecule is CC(CC(=O)O)SCc1ccc(Cl)nc1Cl. The second-order valence-corrected chi connectivity index (χ2v) is 5.48. The fraction of sp³-hybridized carbons (Fsp3) is 0.400. The van der Waals surface area contributed by atoms with Crippen LogP contribution >= 0.6 is 35.0 Å². The summed E-state index contributed by atoms with van der Waals surface area (Å²) in [5.41, 5.74) is 0.869. The maximum absolute atomic E-state index is 10.5. The number of carboxylic acid groups (broad SMARTS) is 1. The highest BCUT2D eigenvalue weighted by Crippen LogP contribution is 2.25. The molecule has 0 aliphatic rings. The molecule has 0 saturated carbocycles. The second-order valence-electron chi connectivity index (χ2n) is 3.30. The van der Waals surface area contributed by atoms with Gasteiger partial charge in [0.05, 0.1) is 6.42 Å². The Hall–Kier alpha value is -0.450. The van der Waals surface area contributed by atoms with Crippen molar-refractivity contribution < 1.29 is 9.90 Å². The summed E-state index contributed by atoms with van der Waals surface area (Å²) in [6.45, 7) is 1.87. The number of pyridine rings is 1. The molecule has 0 aliphatic heterocycles. The van der Waals surface area contributed by atoms with E-state index in [1.165, 1.54) is 11.8 Å². The Morgan fingerprint density at radius 2 is 2.25 bits per heavy atom. The van der Waals surface area contributed by atoms with Gasteiger partial charge in [0.15, 0.2) is 0 Å². The molecule has 0 fully saturated rings. The zero-order valence-corrected chi connectivity index (χ0v) is 10.9. The Bertz CT molecular complexity index is 387. The van der Waals surface area contributed by atoms with Gasteiger partial charge in [-0.25, -0.2) is 4.98 Å². The van der Waals surface area contributed by atoms with Crippen LogP contribution in [0.1, 0.15) is 18.9 Å². The lowest BCUT2D eigenvalue weighted by Crippen LogP contribution is -2.06. The Balaban J connectivity index is 2.51. The van der Waals surface area contributed by atoms with E-state index in [9.17, 15) is 4.79 Å². The quantitative estimate of drug-likeness (QED) is 0.839. The Morgan fingerprint density at radius 1 is 1.56 bits per heavy atom. The molecule has 0 radical (unpaired) electrons. The standard InChI is InChI=1S/C10H11Cl2NO2S/c1-6(4-9(14)15)16-5-7-2-3-8(11)13-10(7)12/h2-3,6H,4-5H2,1H3,(H,14,15). The number of hydrogen-bond donors (Lipinski definition) is 1. The van der Waals surface area contributed by atoms with Crippen molar-refractivity contribution in [1.82, 2.24) is 4.98 Å². The minimum Gasteiger partial charge on any atom is -0.481 e. The molecule has 1 heterocycles. The van der Waals surface area contributed by atoms with E-state index in [-0.39, 0.29) is 11.7 Å². The molecule has 1 rings (SSSR count). The highest BCUT2D eigenvalue weighted by atomic mass is 35.5. The highest BCUT2D eigenvalue weighted by Gasteiger charge is 2.10. The Morgan fingerprint density at radius 3 is 2.81 bits per heavy atom. The number of aromatic nitrogens is 1. The zero-order chi connectivity index (χ0) is 12.1. The van der Waals surface area contributed by atoms with Gasteiger partial charge in [0.1, 0.15) is 10.3 Å². The number of aliphatic carboxylic acids is 1. The molecule has 1 N–H and O–H groups in total. The van der Waals surface area contributed by atoms with E-state index in [2.05, 4.69) is 4.98 Å². The van der Waals surface area contributed by atoms with Gasteiger partial charge < -0.3 is 5.11 Å². The van der Waals surface area contributed by atoms with Crippen LogP contribution in [0.4, 0.5) is 0 Å². The van der Waals surface area contributed by atoms with Gasteiger partial charge in [0.25, 0.3) is 0 Å². The minimum absolute atomic E-state index is 0.0456. The van der Waals surface area contributed by atoms with E-state index in [1.807, 2.05) is 6.92 Å². The second kappa shape index (κ2) is 6.33. The van der Waals surface area contributed by atoms with Gasteiger partial charge in [0.2, 0.25) is 0 Å². The first-order valence-corrected chi connectivity index (χ1v) is 6.44. The number of carbonyl (C=O) groups is 1. The van der Waals surface area contributed by atoms with Gasteiger partial charge in [-0.1, -0.05) is 36.2 Å². The van der Waals surface area contributed by atoms with E-state index < -0.39 is 5.97 Å². The first kappa shape index (κ1) is 13.6. The normalized spacial score (nSPS) is 12.4. The molecule has 0 aliphatic carbocycles. The van der Waals surface area contributed by atoms with Crippen LogP contribution in [-0.4, -0.2) is 21.3 Å². The predicted molar refractivity (Wildman–Crippen MR) is 67.3 cm³/mol. The summed E-state index contributed by atoms with van der Waals surface area (Å²) in [6.07, 6.45) is 0.142. The molecule has 1 atom stereocenters. The van der Waals surface area contributed by atoms with E-state index in [0.717, 1.165) is 5.56 Å². The van der Waals surface area contributed by atoms with E-state index in [1.54, 1.807) is 12.1 Å². The van der Waals surface area contributed by atoms with Gasteiger partial charge in [-0.05, 0) is 11.6 Å². The number of thioether (sulfide) groups is 1. The van der Waals surface area contributed by atoms with Crippen molar-refractivity contribution in [2.45, 2.75) is 24.3 Å². The zero-order valence-electron chi connectivity index (χ0n) is 8.61. The van der Waals surface area contributed by atoms with E-state index in [4.69, 9.17) is 28.3 Å². The van der Waals surface area contributed by atoms with Crippen LogP contribution in [0.5, 0.6) is 0 Å². The predicted octanol–water partition coefficient (Wildman–Crippen LogP) is 3.48. The molecule has 1 unspecified atom stereocenters. The van der Waals surface area contributed by atoms with Gasteiger partial charge in [-0.3, -0.25) is 4.79 Å². The Kier molecular flexibility index (Phi) is 5.38. The highest BCUT2D eigenvalue weighted by molar-refractivity contribution is 7.99. The molecule has 6 heteroatoms. The first-order chi connectivity index (χ1) is 7.49. The molecule has 1 aromatic heterocycles. The smallest absolute Gasteiger partial charge is 0.304 e. The number of hydrogen-bond acceptors (Lipinski definition) is 3. The molecule has 1 aromatic rings. The molecule has 88 valence electrons. The first-order valence-electron chi connectivity index (χ1n) is 4.63. The summed E-state index contributed by atoms with van der Waals surface area (Å²) in [4.78, 5) is 14.4. The van der Waals surface area contributed by atoms with Crippen LogP contribution in [0.15, 0.2) is 12.1 Å². The molecule has 0 spiro atoms. The van der Waals surface area contributed by atoms with Crippen LogP contribution in [0.25, 0.3) is 0 Å². The maximum Gasteiger partial charge on any atom is 0.304 e. The van der Waals surface area contributed by atoms with Crippen LogP contribution in [0.3, 0.4) is 0 Å². The molecule has 16 heavy (non-hydrogen) atoms. The molecule has 0 saturated heterocycles. The molecule has 3 nitrogen and oxygen atoms in total. The summed E-state index contributed by atoms with van der Waals surface area (Å²) in [5, 5.41) is 9.38.